The zero-order valence-electron chi connectivity index (χ0n) is 31.1. The van der Waals surface area contributed by atoms with Crippen molar-refractivity contribution in [2.75, 3.05) is 13.2 Å². The fourth-order valence-electron chi connectivity index (χ4n) is 6.73. The number of halogens is 1. The van der Waals surface area contributed by atoms with Crippen molar-refractivity contribution in [3.8, 4) is 5.75 Å². The number of hydrogen-bond acceptors (Lipinski definition) is 9. The van der Waals surface area contributed by atoms with E-state index in [9.17, 15) is 9.36 Å². The number of phosphoric acid groups is 1. The van der Waals surface area contributed by atoms with Gasteiger partial charge in [0, 0.05) is 21.2 Å². The minimum absolute atomic E-state index is 0.111. The smallest absolute Gasteiger partial charge is 0.475 e. The van der Waals surface area contributed by atoms with Crippen molar-refractivity contribution in [2.45, 2.75) is 126 Å². The molecule has 2 saturated heterocycles. The fraction of sp³-hybridized carbons (Fsp3) is 0.513. The van der Waals surface area contributed by atoms with Gasteiger partial charge in [0.1, 0.15) is 23.7 Å². The Hall–Kier alpha value is -2.56. The summed E-state index contributed by atoms with van der Waals surface area (Å²) in [5.41, 5.74) is -2.40. The van der Waals surface area contributed by atoms with Gasteiger partial charge in [-0.25, -0.2) is 9.36 Å². The summed E-state index contributed by atoms with van der Waals surface area (Å²) in [6.07, 6.45) is 0.803. The predicted molar refractivity (Wildman–Crippen MR) is 200 cm³/mol. The second-order valence-corrected chi connectivity index (χ2v) is 19.1. The van der Waals surface area contributed by atoms with Gasteiger partial charge >= 0.3 is 13.9 Å². The Morgan fingerprint density at radius 2 is 1.59 bits per heavy atom. The lowest BCUT2D eigenvalue weighted by atomic mass is 9.91. The predicted octanol–water partition coefficient (Wildman–Crippen LogP) is 10.9. The number of benzene rings is 3. The molecule has 2 aliphatic heterocycles. The first-order valence-electron chi connectivity index (χ1n) is 17.2. The number of rotatable bonds is 11. The van der Waals surface area contributed by atoms with Crippen molar-refractivity contribution in [3.63, 3.8) is 0 Å². The zero-order valence-corrected chi connectivity index (χ0v) is 33.6. The van der Waals surface area contributed by atoms with Crippen LogP contribution in [0.4, 0.5) is 4.79 Å². The van der Waals surface area contributed by atoms with Crippen molar-refractivity contribution in [2.24, 2.45) is 0 Å². The van der Waals surface area contributed by atoms with Gasteiger partial charge in [0.05, 0.1) is 30.0 Å². The first kappa shape index (κ1) is 39.6. The van der Waals surface area contributed by atoms with Crippen LogP contribution in [-0.2, 0) is 40.6 Å². The monoisotopic (exact) mass is 759 g/mol. The summed E-state index contributed by atoms with van der Waals surface area (Å²) in [6.45, 7) is 16.9. The molecule has 0 N–H and O–H groups in total. The van der Waals surface area contributed by atoms with E-state index in [-0.39, 0.29) is 13.2 Å². The lowest BCUT2D eigenvalue weighted by Crippen LogP contribution is -2.59. The normalized spacial score (nSPS) is 22.0. The number of hydrogen-bond donors (Lipinski definition) is 0. The lowest BCUT2D eigenvalue weighted by Gasteiger charge is -2.45. The quantitative estimate of drug-likeness (QED) is 0.177. The van der Waals surface area contributed by atoms with Crippen molar-refractivity contribution in [1.29, 1.82) is 0 Å². The van der Waals surface area contributed by atoms with Crippen LogP contribution in [0.5, 0.6) is 5.75 Å². The molecular formula is C39H51ClNO8PS. The maximum absolute atomic E-state index is 14.0. The largest absolute Gasteiger partial charge is 0.489 e. The van der Waals surface area contributed by atoms with Gasteiger partial charge in [0.2, 0.25) is 0 Å². The Morgan fingerprint density at radius 1 is 0.922 bits per heavy atom. The number of nitrogens with zero attached hydrogens (tertiary/aromatic N) is 1. The molecule has 0 aliphatic carbocycles. The van der Waals surface area contributed by atoms with Crippen molar-refractivity contribution in [3.05, 3.63) is 88.9 Å². The fourth-order valence-corrected chi connectivity index (χ4v) is 9.85. The summed E-state index contributed by atoms with van der Waals surface area (Å²) in [5, 5.41) is 0.588. The molecule has 2 aliphatic rings. The molecule has 9 nitrogen and oxygen atoms in total. The van der Waals surface area contributed by atoms with Crippen LogP contribution in [0.2, 0.25) is 5.02 Å². The Balaban J connectivity index is 1.34. The van der Waals surface area contributed by atoms with Gasteiger partial charge in [0.15, 0.2) is 0 Å². The van der Waals surface area contributed by atoms with Crippen molar-refractivity contribution >= 4 is 37.3 Å². The van der Waals surface area contributed by atoms with Gasteiger partial charge < -0.3 is 14.2 Å². The van der Waals surface area contributed by atoms with E-state index in [1.54, 1.807) is 30.5 Å². The molecule has 51 heavy (non-hydrogen) atoms. The van der Waals surface area contributed by atoms with Gasteiger partial charge in [-0.3, -0.25) is 18.5 Å². The third-order valence-electron chi connectivity index (χ3n) is 8.52. The van der Waals surface area contributed by atoms with Crippen LogP contribution in [0.1, 0.15) is 86.3 Å². The average Bonchev–Trinajstić information content (AvgIpc) is 3.27. The first-order valence-corrected chi connectivity index (χ1v) is 19.9. The summed E-state index contributed by atoms with van der Waals surface area (Å²) in [6, 6.07) is 24.0. The van der Waals surface area contributed by atoms with Crippen LogP contribution in [0, 0.1) is 0 Å². The van der Waals surface area contributed by atoms with Gasteiger partial charge in [-0.1, -0.05) is 65.8 Å². The molecule has 3 aromatic rings. The highest BCUT2D eigenvalue weighted by molar-refractivity contribution is 7.99. The number of phosphoric ester groups is 1. The summed E-state index contributed by atoms with van der Waals surface area (Å²) in [4.78, 5) is 17.4. The molecule has 0 radical (unpaired) electrons. The number of aryl methyl sites for hydroxylation is 1. The number of carbonyl (C=O) groups excluding carboxylic acids is 1. The van der Waals surface area contributed by atoms with E-state index in [2.05, 4.69) is 0 Å². The molecule has 2 fully saturated rings. The molecule has 278 valence electrons. The average molecular weight is 760 g/mol. The van der Waals surface area contributed by atoms with Gasteiger partial charge in [-0.05, 0) is 117 Å². The zero-order chi connectivity index (χ0) is 37.3. The Bertz CT molecular complexity index is 1720. The minimum Gasteiger partial charge on any atom is -0.489 e. The highest BCUT2D eigenvalue weighted by Gasteiger charge is 2.57. The minimum atomic E-state index is -4.03. The molecule has 1 unspecified atom stereocenters. The third kappa shape index (κ3) is 10.5. The van der Waals surface area contributed by atoms with Crippen LogP contribution in [0.15, 0.2) is 82.6 Å². The lowest BCUT2D eigenvalue weighted by molar-refractivity contribution is -0.100. The second kappa shape index (κ2) is 15.1. The van der Waals surface area contributed by atoms with E-state index >= 15 is 0 Å². The summed E-state index contributed by atoms with van der Waals surface area (Å²) < 4.78 is 50.1. The number of ether oxygens (including phenoxy) is 3. The van der Waals surface area contributed by atoms with Crippen LogP contribution in [0.25, 0.3) is 0 Å². The van der Waals surface area contributed by atoms with Gasteiger partial charge in [-0.2, -0.15) is 0 Å². The molecule has 0 aromatic heterocycles. The van der Waals surface area contributed by atoms with Crippen LogP contribution in [0.3, 0.4) is 0 Å². The molecule has 1 amide bonds. The van der Waals surface area contributed by atoms with Crippen molar-refractivity contribution < 1.29 is 37.1 Å². The first-order chi connectivity index (χ1) is 23.7. The van der Waals surface area contributed by atoms with Crippen LogP contribution < -0.4 is 4.74 Å². The molecule has 2 heterocycles. The Labute approximate surface area is 312 Å². The number of amides is 1. The van der Waals surface area contributed by atoms with Crippen LogP contribution >= 0.6 is 31.2 Å². The van der Waals surface area contributed by atoms with E-state index in [1.807, 2.05) is 121 Å². The van der Waals surface area contributed by atoms with E-state index in [1.165, 1.54) is 0 Å². The van der Waals surface area contributed by atoms with Crippen molar-refractivity contribution in [1.82, 2.24) is 4.90 Å². The van der Waals surface area contributed by atoms with Crippen LogP contribution in [-0.4, -0.2) is 52.3 Å². The highest BCUT2D eigenvalue weighted by atomic mass is 35.5. The van der Waals surface area contributed by atoms with E-state index < -0.39 is 42.0 Å². The standard InChI is InChI=1S/C39H51ClNO8PS/c1-35(2,3)47-34(42)41-38(8,9)45-26-39(41,27-46-50(43)48-36(4,5)25-37(6,7)49-50)21-20-29-18-19-32(23-33(29)40)51-31-17-13-16-30(22-31)44-24-28-14-11-10-12-15-28/h10-19,22-23H,20-21,24-27H2,1-9H3. The number of carbonyl (C=O) groups is 1. The van der Waals surface area contributed by atoms with E-state index in [4.69, 9.17) is 39.4 Å². The molecule has 0 spiro atoms. The molecule has 1 atom stereocenters. The maximum Gasteiger partial charge on any atom is 0.475 e. The molecule has 5 rings (SSSR count). The molecular weight excluding hydrogens is 709 g/mol. The Morgan fingerprint density at radius 3 is 2.24 bits per heavy atom. The van der Waals surface area contributed by atoms with E-state index in [0.29, 0.717) is 30.9 Å². The topological polar surface area (TPSA) is 92.8 Å². The molecule has 3 aromatic carbocycles. The Kier molecular flexibility index (Phi) is 11.7. The SMILES string of the molecule is CC(C)(C)OC(=O)N1C(CCc2ccc(Sc3cccc(OCc4ccccc4)c3)cc2Cl)(COP2(=O)OC(C)(C)CC(C)(C)O2)COC1(C)C. The van der Waals surface area contributed by atoms with E-state index in [0.717, 1.165) is 26.7 Å². The summed E-state index contributed by atoms with van der Waals surface area (Å²) >= 11 is 8.50. The second-order valence-electron chi connectivity index (χ2n) is 16.0. The summed E-state index contributed by atoms with van der Waals surface area (Å²) in [7, 11) is -4.03. The molecule has 0 saturated carbocycles. The summed E-state index contributed by atoms with van der Waals surface area (Å²) in [5.74, 6) is 0.786. The molecule has 0 bridgehead atoms. The maximum atomic E-state index is 14.0. The van der Waals surface area contributed by atoms with Gasteiger partial charge in [0.25, 0.3) is 0 Å². The third-order valence-corrected chi connectivity index (χ3v) is 11.7. The van der Waals surface area contributed by atoms with Gasteiger partial charge in [-0.15, -0.1) is 0 Å². The highest BCUT2D eigenvalue weighted by Crippen LogP contribution is 2.61. The molecule has 12 heteroatoms.